The molecule has 1 N–H and O–H groups in total. The summed E-state index contributed by atoms with van der Waals surface area (Å²) in [5.41, 5.74) is 1.79. The maximum Gasteiger partial charge on any atom is 0.359 e. The number of carbonyl (C=O) groups excluding carboxylic acids is 1. The molecule has 1 unspecified atom stereocenters. The van der Waals surface area contributed by atoms with Gasteiger partial charge in [0.15, 0.2) is 16.3 Å². The third-order valence-corrected chi connectivity index (χ3v) is 6.32. The molecule has 0 spiro atoms. The third-order valence-electron chi connectivity index (χ3n) is 4.59. The molecule has 0 bridgehead atoms. The number of aryl methyl sites for hydroxylation is 1. The van der Waals surface area contributed by atoms with Gasteiger partial charge in [-0.3, -0.25) is 4.79 Å². The number of hydrogen-bond acceptors (Lipinski definition) is 5. The average Bonchev–Trinajstić information content (AvgIpc) is 3.03. The Morgan fingerprint density at radius 3 is 2.75 bits per heavy atom. The summed E-state index contributed by atoms with van der Waals surface area (Å²) < 4.78 is 31.5. The van der Waals surface area contributed by atoms with E-state index in [1.54, 1.807) is 50.5 Å². The van der Waals surface area contributed by atoms with Crippen LogP contribution < -0.4 is 5.56 Å². The number of aromatic nitrogens is 3. The van der Waals surface area contributed by atoms with E-state index in [1.807, 2.05) is 0 Å². The van der Waals surface area contributed by atoms with Crippen LogP contribution in [0.3, 0.4) is 0 Å². The summed E-state index contributed by atoms with van der Waals surface area (Å²) in [7, 11) is -1.76. The van der Waals surface area contributed by atoms with E-state index in [0.29, 0.717) is 27.4 Å². The first-order chi connectivity index (χ1) is 13.3. The van der Waals surface area contributed by atoms with E-state index in [9.17, 15) is 18.4 Å². The first kappa shape index (κ1) is 18.3. The van der Waals surface area contributed by atoms with Gasteiger partial charge in [-0.1, -0.05) is 16.3 Å². The van der Waals surface area contributed by atoms with Crippen molar-refractivity contribution in [1.82, 2.24) is 14.3 Å². The molecule has 1 aliphatic heterocycles. The van der Waals surface area contributed by atoms with Crippen LogP contribution in [-0.4, -0.2) is 31.5 Å². The molecule has 4 rings (SSSR count). The molecule has 0 amide bonds. The average molecular weight is 400 g/mol. The van der Waals surface area contributed by atoms with Crippen molar-refractivity contribution in [3.63, 3.8) is 0 Å². The number of pyridine rings is 1. The summed E-state index contributed by atoms with van der Waals surface area (Å²) in [6.07, 6.45) is 1.60. The van der Waals surface area contributed by atoms with Crippen molar-refractivity contribution in [3.8, 4) is 16.9 Å². The number of hydrogen-bond donors (Lipinski definition) is 1. The zero-order valence-corrected chi connectivity index (χ0v) is 16.1. The SMILES string of the molecule is CCOC(=O)c1nn(-c2ccc(=O)n(C)c2)c2c1C[S+](=O)(O)c1ccccc1-2. The lowest BCUT2D eigenvalue weighted by Crippen LogP contribution is -2.21. The number of benzene rings is 1. The molecule has 0 saturated heterocycles. The van der Waals surface area contributed by atoms with Crippen molar-refractivity contribution >= 4 is 16.2 Å². The van der Waals surface area contributed by atoms with E-state index < -0.39 is 16.2 Å². The van der Waals surface area contributed by atoms with E-state index in [-0.39, 0.29) is 23.6 Å². The second-order valence-electron chi connectivity index (χ2n) is 6.43. The molecular weight excluding hydrogens is 382 g/mol. The van der Waals surface area contributed by atoms with Gasteiger partial charge in [-0.15, -0.1) is 0 Å². The highest BCUT2D eigenvalue weighted by molar-refractivity contribution is 7.97. The van der Waals surface area contributed by atoms with Crippen LogP contribution in [0.15, 0.2) is 52.3 Å². The molecule has 28 heavy (non-hydrogen) atoms. The van der Waals surface area contributed by atoms with Gasteiger partial charge < -0.3 is 9.30 Å². The largest absolute Gasteiger partial charge is 0.461 e. The van der Waals surface area contributed by atoms with Crippen LogP contribution in [0.5, 0.6) is 0 Å². The van der Waals surface area contributed by atoms with Crippen molar-refractivity contribution in [2.75, 3.05) is 6.61 Å². The highest BCUT2D eigenvalue weighted by Gasteiger charge is 2.44. The fraction of sp³-hybridized carbons (Fsp3) is 0.211. The van der Waals surface area contributed by atoms with Crippen molar-refractivity contribution in [1.29, 1.82) is 0 Å². The van der Waals surface area contributed by atoms with Crippen LogP contribution in [-0.2, 0) is 32.0 Å². The Balaban J connectivity index is 2.05. The molecule has 1 aromatic carbocycles. The fourth-order valence-corrected chi connectivity index (χ4v) is 4.95. The summed E-state index contributed by atoms with van der Waals surface area (Å²) in [4.78, 5) is 24.5. The normalized spacial score (nSPS) is 17.7. The molecule has 144 valence electrons. The highest BCUT2D eigenvalue weighted by Crippen LogP contribution is 2.42. The minimum absolute atomic E-state index is 0.00183. The summed E-state index contributed by atoms with van der Waals surface area (Å²) in [6, 6.07) is 9.76. The number of rotatable bonds is 3. The standard InChI is InChI=1S/C19H17N3O5S/c1-3-27-19(24)17-14-11-28(25,26)15-7-5-4-6-13(15)18(14)22(20-17)12-8-9-16(23)21(2)10-12/h4-10H,3,11H2,1-2H3/p+1. The molecular formula is C19H18N3O5S+. The van der Waals surface area contributed by atoms with Crippen LogP contribution in [0.2, 0.25) is 0 Å². The Labute approximate surface area is 161 Å². The molecule has 3 heterocycles. The summed E-state index contributed by atoms with van der Waals surface area (Å²) >= 11 is 0. The first-order valence-electron chi connectivity index (χ1n) is 8.63. The number of esters is 1. The molecule has 3 aromatic rings. The van der Waals surface area contributed by atoms with Gasteiger partial charge in [0.25, 0.3) is 10.2 Å². The Kier molecular flexibility index (Phi) is 4.28. The van der Waals surface area contributed by atoms with E-state index >= 15 is 0 Å². The second-order valence-corrected chi connectivity index (χ2v) is 8.43. The Morgan fingerprint density at radius 2 is 2.04 bits per heavy atom. The summed E-state index contributed by atoms with van der Waals surface area (Å²) in [5.74, 6) is -0.892. The monoisotopic (exact) mass is 400 g/mol. The van der Waals surface area contributed by atoms with Gasteiger partial charge in [0.05, 0.1) is 29.1 Å². The van der Waals surface area contributed by atoms with Gasteiger partial charge in [0, 0.05) is 19.3 Å². The summed E-state index contributed by atoms with van der Waals surface area (Å²) in [5, 5.41) is 4.41. The zero-order valence-electron chi connectivity index (χ0n) is 15.3. The molecule has 9 heteroatoms. The molecule has 0 aliphatic carbocycles. The lowest BCUT2D eigenvalue weighted by atomic mass is 10.1. The lowest BCUT2D eigenvalue weighted by molar-refractivity contribution is 0.0518. The maximum atomic E-state index is 12.9. The van der Waals surface area contributed by atoms with Gasteiger partial charge >= 0.3 is 5.97 Å². The smallest absolute Gasteiger partial charge is 0.359 e. The molecule has 1 atom stereocenters. The van der Waals surface area contributed by atoms with Gasteiger partial charge in [0.1, 0.15) is 0 Å². The second kappa shape index (κ2) is 6.54. The summed E-state index contributed by atoms with van der Waals surface area (Å²) in [6.45, 7) is 1.84. The van der Waals surface area contributed by atoms with E-state index in [0.717, 1.165) is 0 Å². The van der Waals surface area contributed by atoms with Crippen LogP contribution >= 0.6 is 0 Å². The Bertz CT molecular complexity index is 1210. The van der Waals surface area contributed by atoms with Crippen LogP contribution in [0.25, 0.3) is 16.9 Å². The van der Waals surface area contributed by atoms with Crippen LogP contribution in [0.4, 0.5) is 0 Å². The van der Waals surface area contributed by atoms with Crippen molar-refractivity contribution in [3.05, 3.63) is 64.2 Å². The van der Waals surface area contributed by atoms with Gasteiger partial charge in [-0.05, 0) is 25.1 Å². The number of nitrogens with zero attached hydrogens (tertiary/aromatic N) is 3. The van der Waals surface area contributed by atoms with E-state index in [1.165, 1.54) is 15.3 Å². The molecule has 8 nitrogen and oxygen atoms in total. The zero-order chi connectivity index (χ0) is 20.1. The molecule has 0 radical (unpaired) electrons. The highest BCUT2D eigenvalue weighted by atomic mass is 32.3. The van der Waals surface area contributed by atoms with Crippen LogP contribution in [0, 0.1) is 0 Å². The molecule has 1 aliphatic rings. The van der Waals surface area contributed by atoms with Gasteiger partial charge in [0.2, 0.25) is 5.56 Å². The predicted octanol–water partition coefficient (Wildman–Crippen LogP) is 2.26. The predicted molar refractivity (Wildman–Crippen MR) is 103 cm³/mol. The minimum Gasteiger partial charge on any atom is -0.461 e. The number of carbonyl (C=O) groups is 1. The van der Waals surface area contributed by atoms with Crippen LogP contribution in [0.1, 0.15) is 23.0 Å². The fourth-order valence-electron chi connectivity index (χ4n) is 3.33. The molecule has 0 saturated carbocycles. The van der Waals surface area contributed by atoms with E-state index in [4.69, 9.17) is 4.74 Å². The lowest BCUT2D eigenvalue weighted by Gasteiger charge is -2.17. The first-order valence-corrected chi connectivity index (χ1v) is 10.3. The Hall–Kier alpha value is -3.04. The van der Waals surface area contributed by atoms with E-state index in [2.05, 4.69) is 5.10 Å². The van der Waals surface area contributed by atoms with Crippen molar-refractivity contribution in [2.24, 2.45) is 7.05 Å². The maximum absolute atomic E-state index is 12.9. The minimum atomic E-state index is -3.38. The third kappa shape index (κ3) is 2.79. The van der Waals surface area contributed by atoms with Gasteiger partial charge in [-0.2, -0.15) is 9.65 Å². The topological polar surface area (TPSA) is 103 Å². The number of ether oxygens (including phenoxy) is 1. The number of fused-ring (bicyclic) bond motifs is 3. The van der Waals surface area contributed by atoms with Crippen molar-refractivity contribution in [2.45, 2.75) is 17.6 Å². The quantitative estimate of drug-likeness (QED) is 0.534. The molecule has 0 fully saturated rings. The molecule has 2 aromatic heterocycles. The van der Waals surface area contributed by atoms with Gasteiger partial charge in [-0.25, -0.2) is 9.48 Å². The van der Waals surface area contributed by atoms with Crippen molar-refractivity contribution < 1.29 is 18.3 Å². The Morgan fingerprint density at radius 1 is 1.29 bits per heavy atom.